The van der Waals surface area contributed by atoms with Gasteiger partial charge in [0.15, 0.2) is 0 Å². The molecule has 0 saturated heterocycles. The van der Waals surface area contributed by atoms with E-state index >= 15 is 0 Å². The summed E-state index contributed by atoms with van der Waals surface area (Å²) in [5.41, 5.74) is 6.02. The first-order valence-corrected chi connectivity index (χ1v) is 5.78. The molecule has 82 valence electrons. The second-order valence-corrected chi connectivity index (χ2v) is 4.49. The van der Waals surface area contributed by atoms with Gasteiger partial charge in [-0.3, -0.25) is 0 Å². The smallest absolute Gasteiger partial charge is 0.0540 e. The molecule has 0 aliphatic heterocycles. The van der Waals surface area contributed by atoms with Crippen molar-refractivity contribution >= 4 is 0 Å². The first-order valence-electron chi connectivity index (χ1n) is 5.78. The van der Waals surface area contributed by atoms with Gasteiger partial charge in [-0.2, -0.15) is 0 Å². The third-order valence-electron chi connectivity index (χ3n) is 3.28. The Balaban J connectivity index is 2.49. The molecule has 0 unspecified atom stereocenters. The highest BCUT2D eigenvalue weighted by atomic mass is 16.3. The van der Waals surface area contributed by atoms with Gasteiger partial charge in [-0.1, -0.05) is 25.5 Å². The molecule has 0 heterocycles. The van der Waals surface area contributed by atoms with Crippen LogP contribution in [0.1, 0.15) is 45.4 Å². The van der Waals surface area contributed by atoms with Gasteiger partial charge in [0.05, 0.1) is 6.10 Å². The minimum atomic E-state index is -0.0887. The molecule has 1 aliphatic carbocycles. The second kappa shape index (κ2) is 5.52. The van der Waals surface area contributed by atoms with Crippen LogP contribution in [0.5, 0.6) is 0 Å². The summed E-state index contributed by atoms with van der Waals surface area (Å²) in [5.74, 6) is 0. The molecule has 0 aromatic carbocycles. The van der Waals surface area contributed by atoms with Crippen molar-refractivity contribution in [3.63, 3.8) is 0 Å². The highest BCUT2D eigenvalue weighted by Gasteiger charge is 2.30. The van der Waals surface area contributed by atoms with Crippen molar-refractivity contribution in [1.29, 1.82) is 0 Å². The fourth-order valence-corrected chi connectivity index (χ4v) is 2.12. The number of allylic oxidation sites excluding steroid dienone is 1. The summed E-state index contributed by atoms with van der Waals surface area (Å²) in [6.07, 6.45) is 10.7. The van der Waals surface area contributed by atoms with Crippen LogP contribution in [0.25, 0.3) is 0 Å². The van der Waals surface area contributed by atoms with Crippen molar-refractivity contribution < 1.29 is 5.11 Å². The molecule has 1 saturated carbocycles. The highest BCUT2D eigenvalue weighted by Crippen LogP contribution is 2.36. The third kappa shape index (κ3) is 3.10. The van der Waals surface area contributed by atoms with Gasteiger partial charge in [0, 0.05) is 12.0 Å². The number of hydrogen-bond donors (Lipinski definition) is 2. The summed E-state index contributed by atoms with van der Waals surface area (Å²) in [5, 5.41) is 9.44. The zero-order chi connectivity index (χ0) is 10.4. The zero-order valence-electron chi connectivity index (χ0n) is 9.21. The Kier molecular flexibility index (Phi) is 4.63. The van der Waals surface area contributed by atoms with Crippen LogP contribution in [0, 0.1) is 5.41 Å². The van der Waals surface area contributed by atoms with E-state index in [0.717, 1.165) is 38.6 Å². The van der Waals surface area contributed by atoms with E-state index in [0.29, 0.717) is 0 Å². The predicted octanol–water partition coefficient (Wildman–Crippen LogP) is 2.22. The standard InChI is InChI=1S/C12H23NO/c1-2-3-4-7-12(10-13)8-5-11(14)6-9-12/h4,7,11,14H,2-3,5-6,8-10,13H2,1H3/b7-4+. The molecule has 1 fully saturated rings. The summed E-state index contributed by atoms with van der Waals surface area (Å²) < 4.78 is 0. The van der Waals surface area contributed by atoms with E-state index in [1.807, 2.05) is 0 Å². The van der Waals surface area contributed by atoms with Gasteiger partial charge in [0.25, 0.3) is 0 Å². The Morgan fingerprint density at radius 1 is 1.43 bits per heavy atom. The average molecular weight is 197 g/mol. The molecule has 0 bridgehead atoms. The lowest BCUT2D eigenvalue weighted by atomic mass is 9.73. The molecule has 1 aliphatic rings. The molecule has 0 atom stereocenters. The van der Waals surface area contributed by atoms with Crippen LogP contribution in [0.3, 0.4) is 0 Å². The second-order valence-electron chi connectivity index (χ2n) is 4.49. The number of aliphatic hydroxyl groups is 1. The third-order valence-corrected chi connectivity index (χ3v) is 3.28. The van der Waals surface area contributed by atoms with Gasteiger partial charge < -0.3 is 10.8 Å². The van der Waals surface area contributed by atoms with Gasteiger partial charge in [-0.05, 0) is 32.1 Å². The molecule has 14 heavy (non-hydrogen) atoms. The maximum atomic E-state index is 9.44. The van der Waals surface area contributed by atoms with E-state index in [9.17, 15) is 5.11 Å². The van der Waals surface area contributed by atoms with E-state index in [4.69, 9.17) is 5.73 Å². The van der Waals surface area contributed by atoms with Crippen LogP contribution in [0.4, 0.5) is 0 Å². The largest absolute Gasteiger partial charge is 0.393 e. The van der Waals surface area contributed by atoms with Crippen molar-refractivity contribution in [2.45, 2.75) is 51.6 Å². The van der Waals surface area contributed by atoms with E-state index < -0.39 is 0 Å². The molecule has 3 N–H and O–H groups in total. The van der Waals surface area contributed by atoms with Crippen LogP contribution in [-0.2, 0) is 0 Å². The number of unbranched alkanes of at least 4 members (excludes halogenated alkanes) is 1. The summed E-state index contributed by atoms with van der Waals surface area (Å²) in [6, 6.07) is 0. The number of aliphatic hydroxyl groups excluding tert-OH is 1. The van der Waals surface area contributed by atoms with Gasteiger partial charge in [0.1, 0.15) is 0 Å². The highest BCUT2D eigenvalue weighted by molar-refractivity contribution is 5.02. The van der Waals surface area contributed by atoms with Crippen molar-refractivity contribution in [3.8, 4) is 0 Å². The van der Waals surface area contributed by atoms with Crippen LogP contribution in [0.2, 0.25) is 0 Å². The van der Waals surface area contributed by atoms with Crippen LogP contribution in [0.15, 0.2) is 12.2 Å². The lowest BCUT2D eigenvalue weighted by Crippen LogP contribution is -2.34. The first kappa shape index (κ1) is 11.7. The fraction of sp³-hybridized carbons (Fsp3) is 0.833. The van der Waals surface area contributed by atoms with Gasteiger partial charge in [-0.15, -0.1) is 0 Å². The normalized spacial score (nSPS) is 33.8. The number of hydrogen-bond acceptors (Lipinski definition) is 2. The van der Waals surface area contributed by atoms with Crippen LogP contribution >= 0.6 is 0 Å². The molecular weight excluding hydrogens is 174 g/mol. The summed E-state index contributed by atoms with van der Waals surface area (Å²) >= 11 is 0. The minimum absolute atomic E-state index is 0.0887. The Morgan fingerprint density at radius 2 is 2.07 bits per heavy atom. The molecule has 0 spiro atoms. The molecule has 2 nitrogen and oxygen atoms in total. The van der Waals surface area contributed by atoms with Crippen molar-refractivity contribution in [2.24, 2.45) is 11.1 Å². The maximum absolute atomic E-state index is 9.44. The topological polar surface area (TPSA) is 46.2 Å². The monoisotopic (exact) mass is 197 g/mol. The van der Waals surface area contributed by atoms with E-state index in [1.54, 1.807) is 0 Å². The van der Waals surface area contributed by atoms with Crippen molar-refractivity contribution in [1.82, 2.24) is 0 Å². The molecule has 0 aromatic rings. The Morgan fingerprint density at radius 3 is 2.57 bits per heavy atom. The molecule has 0 radical (unpaired) electrons. The van der Waals surface area contributed by atoms with Gasteiger partial charge >= 0.3 is 0 Å². The van der Waals surface area contributed by atoms with E-state index in [-0.39, 0.29) is 11.5 Å². The SMILES string of the molecule is CCC/C=C/C1(CN)CCC(O)CC1. The molecule has 1 rings (SSSR count). The summed E-state index contributed by atoms with van der Waals surface area (Å²) in [6.45, 7) is 2.91. The molecule has 0 aromatic heterocycles. The van der Waals surface area contributed by atoms with Crippen LogP contribution < -0.4 is 5.73 Å². The number of nitrogens with two attached hydrogens (primary N) is 1. The Labute approximate surface area is 87.2 Å². The predicted molar refractivity (Wildman–Crippen MR) is 60.0 cm³/mol. The average Bonchev–Trinajstić information content (AvgIpc) is 2.22. The Bertz CT molecular complexity index is 181. The number of rotatable bonds is 4. The molecular formula is C12H23NO. The summed E-state index contributed by atoms with van der Waals surface area (Å²) in [4.78, 5) is 0. The zero-order valence-corrected chi connectivity index (χ0v) is 9.21. The van der Waals surface area contributed by atoms with E-state index in [2.05, 4.69) is 19.1 Å². The Hall–Kier alpha value is -0.340. The van der Waals surface area contributed by atoms with Gasteiger partial charge in [0.2, 0.25) is 0 Å². The lowest BCUT2D eigenvalue weighted by molar-refractivity contribution is 0.0873. The quantitative estimate of drug-likeness (QED) is 0.679. The maximum Gasteiger partial charge on any atom is 0.0540 e. The van der Waals surface area contributed by atoms with Crippen molar-refractivity contribution in [2.75, 3.05) is 6.54 Å². The minimum Gasteiger partial charge on any atom is -0.393 e. The molecule has 2 heteroatoms. The van der Waals surface area contributed by atoms with E-state index in [1.165, 1.54) is 6.42 Å². The lowest BCUT2D eigenvalue weighted by Gasteiger charge is -2.35. The van der Waals surface area contributed by atoms with Crippen LogP contribution in [-0.4, -0.2) is 17.8 Å². The summed E-state index contributed by atoms with van der Waals surface area (Å²) in [7, 11) is 0. The van der Waals surface area contributed by atoms with Crippen molar-refractivity contribution in [3.05, 3.63) is 12.2 Å². The first-order chi connectivity index (χ1) is 6.72. The fourth-order valence-electron chi connectivity index (χ4n) is 2.12. The molecule has 0 amide bonds. The van der Waals surface area contributed by atoms with Gasteiger partial charge in [-0.25, -0.2) is 0 Å².